The van der Waals surface area contributed by atoms with E-state index in [2.05, 4.69) is 4.40 Å². The summed E-state index contributed by atoms with van der Waals surface area (Å²) in [5.41, 5.74) is 0.590. The Hall–Kier alpha value is -1.89. The lowest BCUT2D eigenvalue weighted by Gasteiger charge is -2.28. The number of rotatable bonds is 2. The number of hydrogen-bond donors (Lipinski definition) is 0. The lowest BCUT2D eigenvalue weighted by atomic mass is 9.97. The van der Waals surface area contributed by atoms with Crippen molar-refractivity contribution in [3.05, 3.63) is 29.8 Å². The Kier molecular flexibility index (Phi) is 3.64. The molecular weight excluding hydrogens is 352 g/mol. The molecule has 0 radical (unpaired) electrons. The Bertz CT molecular complexity index is 895. The van der Waals surface area contributed by atoms with Gasteiger partial charge in [-0.25, -0.2) is 4.79 Å². The highest BCUT2D eigenvalue weighted by atomic mass is 32.2. The number of likely N-dealkylation sites (tertiary alicyclic amines) is 1. The Morgan fingerprint density at radius 2 is 2.00 bits per heavy atom. The van der Waals surface area contributed by atoms with E-state index in [4.69, 9.17) is 4.74 Å². The Labute approximate surface area is 153 Å². The van der Waals surface area contributed by atoms with Crippen molar-refractivity contribution >= 4 is 21.8 Å². The van der Waals surface area contributed by atoms with Crippen molar-refractivity contribution in [2.24, 2.45) is 16.2 Å². The van der Waals surface area contributed by atoms with Crippen molar-refractivity contribution in [2.45, 2.75) is 55.6 Å². The van der Waals surface area contributed by atoms with Gasteiger partial charge in [-0.2, -0.15) is 8.42 Å². The molecule has 0 spiro atoms. The highest BCUT2D eigenvalue weighted by molar-refractivity contribution is 7.90. The molecule has 4 unspecified atom stereocenters. The predicted octanol–water partition coefficient (Wildman–Crippen LogP) is 2.33. The lowest BCUT2D eigenvalue weighted by Crippen LogP contribution is -2.43. The van der Waals surface area contributed by atoms with E-state index in [0.29, 0.717) is 36.2 Å². The summed E-state index contributed by atoms with van der Waals surface area (Å²) in [6.07, 6.45) is 6.16. The van der Waals surface area contributed by atoms with Gasteiger partial charge in [-0.05, 0) is 62.5 Å². The number of hydrogen-bond acceptors (Lipinski definition) is 5. The summed E-state index contributed by atoms with van der Waals surface area (Å²) in [7, 11) is -3.68. The lowest BCUT2D eigenvalue weighted by molar-refractivity contribution is -0.155. The van der Waals surface area contributed by atoms with Crippen LogP contribution in [0.2, 0.25) is 0 Å². The van der Waals surface area contributed by atoms with Crippen molar-refractivity contribution in [1.29, 1.82) is 0 Å². The highest BCUT2D eigenvalue weighted by Crippen LogP contribution is 2.46. The van der Waals surface area contributed by atoms with Crippen LogP contribution in [0.15, 0.2) is 33.6 Å². The fourth-order valence-electron chi connectivity index (χ4n) is 5.12. The zero-order valence-corrected chi connectivity index (χ0v) is 15.3. The topological polar surface area (TPSA) is 76.0 Å². The molecule has 0 amide bonds. The molecule has 138 valence electrons. The van der Waals surface area contributed by atoms with E-state index in [0.717, 1.165) is 19.3 Å². The molecule has 2 aliphatic heterocycles. The van der Waals surface area contributed by atoms with Crippen molar-refractivity contribution in [3.8, 4) is 0 Å². The van der Waals surface area contributed by atoms with Crippen LogP contribution in [-0.2, 0) is 19.6 Å². The fourth-order valence-corrected chi connectivity index (χ4v) is 6.34. The van der Waals surface area contributed by atoms with Crippen LogP contribution in [0.3, 0.4) is 0 Å². The molecule has 5 rings (SSSR count). The first-order valence-corrected chi connectivity index (χ1v) is 10.9. The van der Waals surface area contributed by atoms with Crippen LogP contribution >= 0.6 is 0 Å². The maximum absolute atomic E-state index is 12.8. The van der Waals surface area contributed by atoms with Crippen molar-refractivity contribution in [1.82, 2.24) is 4.90 Å². The van der Waals surface area contributed by atoms with Crippen LogP contribution in [0.1, 0.15) is 44.1 Å². The number of nitrogens with zero attached hydrogens (tertiary/aromatic N) is 2. The third-order valence-corrected chi connectivity index (χ3v) is 7.68. The Morgan fingerprint density at radius 3 is 2.77 bits per heavy atom. The van der Waals surface area contributed by atoms with Gasteiger partial charge in [0.2, 0.25) is 0 Å². The molecule has 1 aromatic carbocycles. The maximum Gasteiger partial charge on any atom is 0.329 e. The number of carbonyl (C=O) groups excluding carboxylic acids is 1. The van der Waals surface area contributed by atoms with E-state index >= 15 is 0 Å². The second-order valence-corrected chi connectivity index (χ2v) is 9.46. The van der Waals surface area contributed by atoms with Crippen LogP contribution in [0.25, 0.3) is 0 Å². The van der Waals surface area contributed by atoms with Crippen molar-refractivity contribution < 1.29 is 17.9 Å². The molecule has 2 heterocycles. The zero-order chi connectivity index (χ0) is 17.9. The van der Waals surface area contributed by atoms with E-state index in [9.17, 15) is 13.2 Å². The minimum absolute atomic E-state index is 0.0465. The first-order chi connectivity index (χ1) is 12.5. The largest absolute Gasteiger partial charge is 0.461 e. The number of sulfonamides is 1. The first kappa shape index (κ1) is 16.3. The summed E-state index contributed by atoms with van der Waals surface area (Å²) >= 11 is 0. The average molecular weight is 374 g/mol. The van der Waals surface area contributed by atoms with E-state index in [1.807, 2.05) is 4.90 Å². The average Bonchev–Trinajstić information content (AvgIpc) is 3.38. The van der Waals surface area contributed by atoms with E-state index < -0.39 is 16.1 Å². The second kappa shape index (κ2) is 5.81. The van der Waals surface area contributed by atoms with Crippen LogP contribution in [0.4, 0.5) is 0 Å². The Balaban J connectivity index is 1.39. The van der Waals surface area contributed by atoms with Gasteiger partial charge in [0.15, 0.2) is 5.84 Å². The molecule has 2 aliphatic carbocycles. The van der Waals surface area contributed by atoms with Gasteiger partial charge in [-0.1, -0.05) is 12.1 Å². The minimum atomic E-state index is -3.68. The summed E-state index contributed by atoms with van der Waals surface area (Å²) in [5.74, 6) is 1.41. The van der Waals surface area contributed by atoms with Gasteiger partial charge in [-0.3, -0.25) is 0 Å². The quantitative estimate of drug-likeness (QED) is 0.743. The normalized spacial score (nSPS) is 34.0. The molecule has 1 saturated heterocycles. The molecule has 2 bridgehead atoms. The monoisotopic (exact) mass is 374 g/mol. The molecule has 26 heavy (non-hydrogen) atoms. The molecule has 1 aromatic rings. The number of ether oxygens (including phenoxy) is 1. The standard InChI is InChI=1S/C19H22N2O4S/c22-19(25-16-11-12-7-8-13(16)10-12)15-5-3-9-21(15)18-14-4-1-2-6-17(14)26(23,24)20-18/h1-2,4,6,12-13,15-16H,3,5,7-11H2. The number of amidine groups is 1. The SMILES string of the molecule is O=C(OC1CC2CCC1C2)C1CCCN1C1=NS(=O)(=O)c2ccccc21. The van der Waals surface area contributed by atoms with Crippen LogP contribution in [-0.4, -0.2) is 43.8 Å². The van der Waals surface area contributed by atoms with E-state index in [1.165, 1.54) is 12.8 Å². The van der Waals surface area contributed by atoms with Gasteiger partial charge in [0.1, 0.15) is 17.0 Å². The predicted molar refractivity (Wildman–Crippen MR) is 95.2 cm³/mol. The molecule has 0 aromatic heterocycles. The number of carbonyl (C=O) groups is 1. The maximum atomic E-state index is 12.8. The molecule has 6 nitrogen and oxygen atoms in total. The molecule has 7 heteroatoms. The third-order valence-electron chi connectivity index (χ3n) is 6.35. The second-order valence-electron chi connectivity index (χ2n) is 7.89. The number of fused-ring (bicyclic) bond motifs is 3. The van der Waals surface area contributed by atoms with Crippen molar-refractivity contribution in [2.75, 3.05) is 6.54 Å². The van der Waals surface area contributed by atoms with Gasteiger partial charge >= 0.3 is 5.97 Å². The van der Waals surface area contributed by atoms with Gasteiger partial charge in [0.25, 0.3) is 10.0 Å². The first-order valence-electron chi connectivity index (χ1n) is 9.44. The number of benzene rings is 1. The third kappa shape index (κ3) is 2.47. The molecule has 3 fully saturated rings. The molecule has 4 atom stereocenters. The molecular formula is C19H22N2O4S. The molecule has 0 N–H and O–H groups in total. The van der Waals surface area contributed by atoms with Crippen LogP contribution < -0.4 is 0 Å². The van der Waals surface area contributed by atoms with Gasteiger partial charge in [-0.15, -0.1) is 4.40 Å². The summed E-state index contributed by atoms with van der Waals surface area (Å²) in [6.45, 7) is 0.624. The van der Waals surface area contributed by atoms with Crippen LogP contribution in [0, 0.1) is 11.8 Å². The minimum Gasteiger partial charge on any atom is -0.461 e. The Morgan fingerprint density at radius 1 is 1.15 bits per heavy atom. The summed E-state index contributed by atoms with van der Waals surface area (Å²) in [6, 6.07) is 6.39. The van der Waals surface area contributed by atoms with Crippen molar-refractivity contribution in [3.63, 3.8) is 0 Å². The molecule has 2 saturated carbocycles. The summed E-state index contributed by atoms with van der Waals surface area (Å²) < 4.78 is 34.5. The van der Waals surface area contributed by atoms with Gasteiger partial charge in [0.05, 0.1) is 0 Å². The van der Waals surface area contributed by atoms with E-state index in [-0.39, 0.29) is 17.0 Å². The summed E-state index contributed by atoms with van der Waals surface area (Å²) in [4.78, 5) is 14.9. The van der Waals surface area contributed by atoms with E-state index in [1.54, 1.807) is 24.3 Å². The van der Waals surface area contributed by atoms with Gasteiger partial charge < -0.3 is 9.64 Å². The zero-order valence-electron chi connectivity index (χ0n) is 14.5. The smallest absolute Gasteiger partial charge is 0.329 e. The summed E-state index contributed by atoms with van der Waals surface area (Å²) in [5, 5.41) is 0. The molecule has 4 aliphatic rings. The van der Waals surface area contributed by atoms with Crippen LogP contribution in [0.5, 0.6) is 0 Å². The number of esters is 1. The van der Waals surface area contributed by atoms with Gasteiger partial charge in [0, 0.05) is 12.1 Å². The highest BCUT2D eigenvalue weighted by Gasteiger charge is 2.45. The fraction of sp³-hybridized carbons (Fsp3) is 0.579.